The Morgan fingerprint density at radius 2 is 2.21 bits per heavy atom. The largest absolute Gasteiger partial charge is 0.350 e. The van der Waals surface area contributed by atoms with Crippen LogP contribution >= 0.6 is 22.9 Å². The number of carbonyl (C=O) groups excluding carboxylic acids is 1. The van der Waals surface area contributed by atoms with Crippen LogP contribution in [-0.2, 0) is 11.2 Å². The van der Waals surface area contributed by atoms with Crippen LogP contribution in [-0.4, -0.2) is 16.0 Å². The molecule has 2 aromatic heterocycles. The van der Waals surface area contributed by atoms with E-state index < -0.39 is 0 Å². The quantitative estimate of drug-likeness (QED) is 0.712. The van der Waals surface area contributed by atoms with Gasteiger partial charge in [0.2, 0.25) is 17.6 Å². The van der Waals surface area contributed by atoms with Crippen molar-refractivity contribution in [2.24, 2.45) is 0 Å². The molecular weight excluding hydrogens is 346 g/mol. The molecule has 1 amide bonds. The van der Waals surface area contributed by atoms with Crippen LogP contribution in [0.25, 0.3) is 11.4 Å². The Kier molecular flexibility index (Phi) is 5.27. The molecule has 5 nitrogen and oxygen atoms in total. The van der Waals surface area contributed by atoms with Gasteiger partial charge in [0.05, 0.1) is 6.04 Å². The first-order valence-electron chi connectivity index (χ1n) is 7.52. The zero-order valence-electron chi connectivity index (χ0n) is 13.0. The number of hydrogen-bond acceptors (Lipinski definition) is 5. The smallest absolute Gasteiger partial charge is 0.227 e. The van der Waals surface area contributed by atoms with Gasteiger partial charge in [0.1, 0.15) is 0 Å². The van der Waals surface area contributed by atoms with Gasteiger partial charge in [-0.25, -0.2) is 0 Å². The summed E-state index contributed by atoms with van der Waals surface area (Å²) in [6, 6.07) is 9.24. The number of halogens is 1. The number of carbonyl (C=O) groups is 1. The van der Waals surface area contributed by atoms with E-state index in [-0.39, 0.29) is 18.4 Å². The van der Waals surface area contributed by atoms with E-state index in [0.29, 0.717) is 23.2 Å². The molecule has 0 aliphatic rings. The average Bonchev–Trinajstić information content (AvgIpc) is 3.24. The number of nitrogens with zero attached hydrogens (tertiary/aromatic N) is 2. The van der Waals surface area contributed by atoms with Crippen LogP contribution < -0.4 is 5.32 Å². The maximum absolute atomic E-state index is 12.1. The maximum Gasteiger partial charge on any atom is 0.227 e. The first-order chi connectivity index (χ1) is 11.6. The standard InChI is InChI=1S/C17H16ClN3O2S/c1-11(13-4-2-3-5-14(13)18)19-15(22)6-7-16-20-17(21-23-16)12-8-9-24-10-12/h2-5,8-11H,6-7H2,1H3,(H,19,22). The number of aryl methyl sites for hydroxylation is 1. The van der Waals surface area contributed by atoms with Crippen molar-refractivity contribution >= 4 is 28.8 Å². The van der Waals surface area contributed by atoms with Crippen LogP contribution in [0, 0.1) is 0 Å². The number of nitrogens with one attached hydrogen (secondary N) is 1. The number of aromatic nitrogens is 2. The van der Waals surface area contributed by atoms with E-state index in [1.54, 1.807) is 11.3 Å². The second-order valence-corrected chi connectivity index (χ2v) is 6.52. The van der Waals surface area contributed by atoms with E-state index in [0.717, 1.165) is 11.1 Å². The van der Waals surface area contributed by atoms with E-state index in [1.165, 1.54) is 0 Å². The van der Waals surface area contributed by atoms with Crippen molar-refractivity contribution in [2.75, 3.05) is 0 Å². The highest BCUT2D eigenvalue weighted by Crippen LogP contribution is 2.22. The summed E-state index contributed by atoms with van der Waals surface area (Å²) in [5.41, 5.74) is 1.82. The van der Waals surface area contributed by atoms with Gasteiger partial charge in [0.25, 0.3) is 0 Å². The first-order valence-corrected chi connectivity index (χ1v) is 8.84. The highest BCUT2D eigenvalue weighted by molar-refractivity contribution is 7.08. The van der Waals surface area contributed by atoms with Crippen LogP contribution in [0.1, 0.15) is 30.8 Å². The van der Waals surface area contributed by atoms with Crippen molar-refractivity contribution < 1.29 is 9.32 Å². The molecule has 3 aromatic rings. The minimum absolute atomic E-state index is 0.0855. The molecule has 1 unspecified atom stereocenters. The Bertz CT molecular complexity index is 817. The van der Waals surface area contributed by atoms with Crippen molar-refractivity contribution in [3.05, 3.63) is 57.6 Å². The van der Waals surface area contributed by atoms with E-state index in [1.807, 2.05) is 48.0 Å². The fraction of sp³-hybridized carbons (Fsp3) is 0.235. The zero-order valence-corrected chi connectivity index (χ0v) is 14.6. The molecule has 0 fully saturated rings. The summed E-state index contributed by atoms with van der Waals surface area (Å²) in [5.74, 6) is 0.922. The van der Waals surface area contributed by atoms with E-state index in [4.69, 9.17) is 16.1 Å². The van der Waals surface area contributed by atoms with E-state index in [2.05, 4.69) is 15.5 Å². The Labute approximate surface area is 148 Å². The fourth-order valence-corrected chi connectivity index (χ4v) is 3.24. The Balaban J connectivity index is 1.53. The monoisotopic (exact) mass is 361 g/mol. The minimum atomic E-state index is -0.157. The second kappa shape index (κ2) is 7.59. The summed E-state index contributed by atoms with van der Waals surface area (Å²) in [6.45, 7) is 1.90. The molecule has 0 aliphatic carbocycles. The predicted molar refractivity (Wildman–Crippen MR) is 93.9 cm³/mol. The number of benzene rings is 1. The van der Waals surface area contributed by atoms with Gasteiger partial charge in [-0.15, -0.1) is 0 Å². The lowest BCUT2D eigenvalue weighted by molar-refractivity contribution is -0.121. The third kappa shape index (κ3) is 4.01. The Morgan fingerprint density at radius 3 is 2.96 bits per heavy atom. The van der Waals surface area contributed by atoms with Crippen LogP contribution in [0.2, 0.25) is 5.02 Å². The number of hydrogen-bond donors (Lipinski definition) is 1. The molecule has 0 bridgehead atoms. The first kappa shape index (κ1) is 16.7. The van der Waals surface area contributed by atoms with Crippen LogP contribution in [0.3, 0.4) is 0 Å². The molecule has 1 aromatic carbocycles. The second-order valence-electron chi connectivity index (χ2n) is 5.33. The van der Waals surface area contributed by atoms with Crippen molar-refractivity contribution in [1.29, 1.82) is 0 Å². The molecule has 2 heterocycles. The summed E-state index contributed by atoms with van der Waals surface area (Å²) < 4.78 is 5.19. The Morgan fingerprint density at radius 1 is 1.38 bits per heavy atom. The number of amides is 1. The molecule has 0 aliphatic heterocycles. The number of thiophene rings is 1. The predicted octanol–water partition coefficient (Wildman–Crippen LogP) is 4.26. The molecule has 7 heteroatoms. The maximum atomic E-state index is 12.1. The van der Waals surface area contributed by atoms with Crippen molar-refractivity contribution in [3.63, 3.8) is 0 Å². The summed E-state index contributed by atoms with van der Waals surface area (Å²) in [5, 5.41) is 11.4. The lowest BCUT2D eigenvalue weighted by Gasteiger charge is -2.15. The van der Waals surface area contributed by atoms with Gasteiger partial charge in [-0.1, -0.05) is 35.0 Å². The van der Waals surface area contributed by atoms with Crippen molar-refractivity contribution in [1.82, 2.24) is 15.5 Å². The Hall–Kier alpha value is -2.18. The molecule has 3 rings (SSSR count). The van der Waals surface area contributed by atoms with Gasteiger partial charge < -0.3 is 9.84 Å². The lowest BCUT2D eigenvalue weighted by atomic mass is 10.1. The normalized spacial score (nSPS) is 12.1. The van der Waals surface area contributed by atoms with Crippen LogP contribution in [0.15, 0.2) is 45.6 Å². The molecular formula is C17H16ClN3O2S. The summed E-state index contributed by atoms with van der Waals surface area (Å²) in [4.78, 5) is 16.4. The topological polar surface area (TPSA) is 68.0 Å². The minimum Gasteiger partial charge on any atom is -0.350 e. The SMILES string of the molecule is CC(NC(=O)CCc1nc(-c2ccsc2)no1)c1ccccc1Cl. The molecule has 0 saturated carbocycles. The number of rotatable bonds is 6. The van der Waals surface area contributed by atoms with Gasteiger partial charge in [-0.2, -0.15) is 16.3 Å². The molecule has 1 N–H and O–H groups in total. The molecule has 0 radical (unpaired) electrons. The van der Waals surface area contributed by atoms with Gasteiger partial charge in [0, 0.05) is 28.8 Å². The highest BCUT2D eigenvalue weighted by atomic mass is 35.5. The van der Waals surface area contributed by atoms with Crippen LogP contribution in [0.4, 0.5) is 0 Å². The summed E-state index contributed by atoms with van der Waals surface area (Å²) >= 11 is 7.71. The molecule has 1 atom stereocenters. The van der Waals surface area contributed by atoms with Gasteiger partial charge >= 0.3 is 0 Å². The molecule has 0 spiro atoms. The van der Waals surface area contributed by atoms with Gasteiger partial charge in [-0.3, -0.25) is 4.79 Å². The third-order valence-corrected chi connectivity index (χ3v) is 4.59. The van der Waals surface area contributed by atoms with Crippen LogP contribution in [0.5, 0.6) is 0 Å². The average molecular weight is 362 g/mol. The molecule has 124 valence electrons. The zero-order chi connectivity index (χ0) is 16.9. The third-order valence-electron chi connectivity index (χ3n) is 3.56. The molecule has 24 heavy (non-hydrogen) atoms. The fourth-order valence-electron chi connectivity index (χ4n) is 2.30. The van der Waals surface area contributed by atoms with E-state index in [9.17, 15) is 4.79 Å². The van der Waals surface area contributed by atoms with Gasteiger partial charge in [-0.05, 0) is 30.0 Å². The molecule has 0 saturated heterocycles. The summed E-state index contributed by atoms with van der Waals surface area (Å²) in [6.07, 6.45) is 0.679. The highest BCUT2D eigenvalue weighted by Gasteiger charge is 2.14. The van der Waals surface area contributed by atoms with E-state index >= 15 is 0 Å². The van der Waals surface area contributed by atoms with Crippen molar-refractivity contribution in [3.8, 4) is 11.4 Å². The lowest BCUT2D eigenvalue weighted by Crippen LogP contribution is -2.27. The van der Waals surface area contributed by atoms with Gasteiger partial charge in [0.15, 0.2) is 0 Å². The summed E-state index contributed by atoms with van der Waals surface area (Å²) in [7, 11) is 0. The van der Waals surface area contributed by atoms with Crippen molar-refractivity contribution in [2.45, 2.75) is 25.8 Å².